The number of nitrogens with zero attached hydrogens (tertiary/aromatic N) is 2. The van der Waals surface area contributed by atoms with Gasteiger partial charge in [-0.15, -0.1) is 0 Å². The molecule has 5 nitrogen and oxygen atoms in total. The van der Waals surface area contributed by atoms with Crippen molar-refractivity contribution in [3.05, 3.63) is 57.0 Å². The van der Waals surface area contributed by atoms with Gasteiger partial charge in [0.15, 0.2) is 0 Å². The number of aromatic nitrogens is 2. The molecule has 0 spiro atoms. The van der Waals surface area contributed by atoms with Crippen LogP contribution in [0.1, 0.15) is 10.4 Å². The maximum Gasteiger partial charge on any atom is 0.338 e. The molecule has 0 N–H and O–H groups in total. The second-order valence-corrected chi connectivity index (χ2v) is 4.25. The number of pyridine rings is 2. The highest BCUT2D eigenvalue weighted by molar-refractivity contribution is 9.10. The lowest BCUT2D eigenvalue weighted by Gasteiger charge is -2.06. The lowest BCUT2D eigenvalue weighted by molar-refractivity contribution is 0.0600. The lowest BCUT2D eigenvalue weighted by atomic mass is 10.2. The number of methoxy groups -OCH3 is 1. The summed E-state index contributed by atoms with van der Waals surface area (Å²) < 4.78 is 6.44. The monoisotopic (exact) mass is 308 g/mol. The van der Waals surface area contributed by atoms with E-state index in [1.165, 1.54) is 29.9 Å². The summed E-state index contributed by atoms with van der Waals surface area (Å²) in [6.45, 7) is 0. The first-order chi connectivity index (χ1) is 8.61. The smallest absolute Gasteiger partial charge is 0.338 e. The molecule has 6 heteroatoms. The average molecular weight is 309 g/mol. The largest absolute Gasteiger partial charge is 0.465 e. The Balaban J connectivity index is 2.59. The van der Waals surface area contributed by atoms with Crippen LogP contribution in [0.25, 0.3) is 5.82 Å². The molecule has 0 saturated carbocycles. The summed E-state index contributed by atoms with van der Waals surface area (Å²) in [4.78, 5) is 27.3. The van der Waals surface area contributed by atoms with Crippen molar-refractivity contribution in [1.29, 1.82) is 0 Å². The zero-order valence-corrected chi connectivity index (χ0v) is 11.0. The number of carbonyl (C=O) groups is 1. The predicted octanol–water partition coefficient (Wildman–Crippen LogP) is 1.78. The summed E-state index contributed by atoms with van der Waals surface area (Å²) >= 11 is 3.20. The van der Waals surface area contributed by atoms with Crippen LogP contribution in [0.4, 0.5) is 0 Å². The van der Waals surface area contributed by atoms with E-state index in [2.05, 4.69) is 25.7 Å². The van der Waals surface area contributed by atoms with E-state index >= 15 is 0 Å². The fourth-order valence-electron chi connectivity index (χ4n) is 1.46. The van der Waals surface area contributed by atoms with Gasteiger partial charge in [0.2, 0.25) is 0 Å². The van der Waals surface area contributed by atoms with Crippen molar-refractivity contribution in [2.75, 3.05) is 7.11 Å². The third kappa shape index (κ3) is 2.48. The maximum atomic E-state index is 11.7. The van der Waals surface area contributed by atoms with Crippen LogP contribution in [0.2, 0.25) is 0 Å². The number of rotatable bonds is 2. The quantitative estimate of drug-likeness (QED) is 0.627. The van der Waals surface area contributed by atoms with Crippen molar-refractivity contribution >= 4 is 21.9 Å². The Kier molecular flexibility index (Phi) is 3.57. The molecule has 0 amide bonds. The van der Waals surface area contributed by atoms with Crippen LogP contribution in [-0.4, -0.2) is 22.6 Å². The second-order valence-electron chi connectivity index (χ2n) is 3.44. The predicted molar refractivity (Wildman–Crippen MR) is 68.9 cm³/mol. The molecule has 0 aromatic carbocycles. The molecule has 0 aliphatic rings. The Morgan fingerprint density at radius 2 is 2.17 bits per heavy atom. The van der Waals surface area contributed by atoms with E-state index < -0.39 is 5.97 Å². The van der Waals surface area contributed by atoms with Gasteiger partial charge in [0.1, 0.15) is 10.4 Å². The second kappa shape index (κ2) is 5.14. The first-order valence-electron chi connectivity index (χ1n) is 5.06. The Hall–Kier alpha value is -1.95. The highest BCUT2D eigenvalue weighted by Crippen LogP contribution is 2.14. The highest BCUT2D eigenvalue weighted by atomic mass is 79.9. The van der Waals surface area contributed by atoms with Gasteiger partial charge < -0.3 is 4.74 Å². The van der Waals surface area contributed by atoms with Gasteiger partial charge in [-0.1, -0.05) is 6.07 Å². The molecule has 2 heterocycles. The van der Waals surface area contributed by atoms with Gasteiger partial charge in [0.25, 0.3) is 5.56 Å². The summed E-state index contributed by atoms with van der Waals surface area (Å²) in [6, 6.07) is 7.79. The molecule has 18 heavy (non-hydrogen) atoms. The van der Waals surface area contributed by atoms with Crippen molar-refractivity contribution in [1.82, 2.24) is 9.55 Å². The molecule has 2 aromatic heterocycles. The topological polar surface area (TPSA) is 61.2 Å². The van der Waals surface area contributed by atoms with Gasteiger partial charge in [-0.3, -0.25) is 9.36 Å². The Morgan fingerprint density at radius 3 is 2.83 bits per heavy atom. The van der Waals surface area contributed by atoms with Gasteiger partial charge in [-0.2, -0.15) is 0 Å². The van der Waals surface area contributed by atoms with E-state index in [1.807, 2.05) is 0 Å². The van der Waals surface area contributed by atoms with Crippen LogP contribution in [0.15, 0.2) is 45.9 Å². The van der Waals surface area contributed by atoms with Gasteiger partial charge in [0, 0.05) is 12.3 Å². The Labute approximate surface area is 111 Å². The molecule has 0 atom stereocenters. The third-order valence-corrected chi connectivity index (χ3v) is 2.68. The molecular formula is C12H9BrN2O3. The van der Waals surface area contributed by atoms with Crippen LogP contribution in [0, 0.1) is 0 Å². The molecule has 0 bridgehead atoms. The maximum absolute atomic E-state index is 11.7. The number of hydrogen-bond acceptors (Lipinski definition) is 4. The van der Waals surface area contributed by atoms with E-state index in [4.69, 9.17) is 0 Å². The van der Waals surface area contributed by atoms with E-state index in [-0.39, 0.29) is 5.56 Å². The van der Waals surface area contributed by atoms with Crippen LogP contribution in [-0.2, 0) is 4.74 Å². The van der Waals surface area contributed by atoms with Crippen molar-refractivity contribution in [2.45, 2.75) is 0 Å². The fourth-order valence-corrected chi connectivity index (χ4v) is 1.89. The van der Waals surface area contributed by atoms with E-state index in [0.717, 1.165) is 0 Å². The molecule has 0 radical (unpaired) electrons. The van der Waals surface area contributed by atoms with Crippen molar-refractivity contribution < 1.29 is 9.53 Å². The van der Waals surface area contributed by atoms with Crippen LogP contribution in [0.5, 0.6) is 0 Å². The zero-order valence-electron chi connectivity index (χ0n) is 9.46. The number of ether oxygens (including phenoxy) is 1. The zero-order chi connectivity index (χ0) is 13.1. The summed E-state index contributed by atoms with van der Waals surface area (Å²) in [5.41, 5.74) is 0.101. The van der Waals surface area contributed by atoms with Gasteiger partial charge in [-0.05, 0) is 34.1 Å². The van der Waals surface area contributed by atoms with Crippen LogP contribution >= 0.6 is 15.9 Å². The minimum absolute atomic E-state index is 0.223. The van der Waals surface area contributed by atoms with Crippen LogP contribution in [0.3, 0.4) is 0 Å². The minimum Gasteiger partial charge on any atom is -0.465 e. The molecule has 92 valence electrons. The molecule has 2 aromatic rings. The molecule has 0 aliphatic carbocycles. The molecule has 2 rings (SSSR count). The molecule has 0 saturated heterocycles. The number of halogens is 1. The highest BCUT2D eigenvalue weighted by Gasteiger charge is 2.10. The summed E-state index contributed by atoms with van der Waals surface area (Å²) in [5.74, 6) is -0.126. The Morgan fingerprint density at radius 1 is 1.39 bits per heavy atom. The standard InChI is InChI=1S/C12H9BrN2O3/c1-18-12(17)8-6-9(13)14-10(7-8)15-5-3-2-4-11(15)16/h2-7H,1H3. The van der Waals surface area contributed by atoms with Gasteiger partial charge in [-0.25, -0.2) is 9.78 Å². The van der Waals surface area contributed by atoms with Crippen molar-refractivity contribution in [3.63, 3.8) is 0 Å². The van der Waals surface area contributed by atoms with E-state index in [9.17, 15) is 9.59 Å². The fraction of sp³-hybridized carbons (Fsp3) is 0.0833. The third-order valence-electron chi connectivity index (χ3n) is 2.27. The normalized spacial score (nSPS) is 10.1. The number of esters is 1. The summed E-state index contributed by atoms with van der Waals surface area (Å²) in [6.07, 6.45) is 1.58. The summed E-state index contributed by atoms with van der Waals surface area (Å²) in [5, 5.41) is 0. The first-order valence-corrected chi connectivity index (χ1v) is 5.85. The number of hydrogen-bond donors (Lipinski definition) is 0. The molecule has 0 unspecified atom stereocenters. The van der Waals surface area contributed by atoms with E-state index in [0.29, 0.717) is 16.0 Å². The van der Waals surface area contributed by atoms with Gasteiger partial charge >= 0.3 is 5.97 Å². The minimum atomic E-state index is -0.483. The van der Waals surface area contributed by atoms with Crippen LogP contribution < -0.4 is 5.56 Å². The SMILES string of the molecule is COC(=O)c1cc(Br)nc(-n2ccccc2=O)c1. The van der Waals surface area contributed by atoms with Crippen molar-refractivity contribution in [3.8, 4) is 5.82 Å². The molecular weight excluding hydrogens is 300 g/mol. The average Bonchev–Trinajstić information content (AvgIpc) is 2.37. The van der Waals surface area contributed by atoms with Gasteiger partial charge in [0.05, 0.1) is 12.7 Å². The molecule has 0 aliphatic heterocycles. The lowest BCUT2D eigenvalue weighted by Crippen LogP contribution is -2.17. The molecule has 0 fully saturated rings. The first kappa shape index (κ1) is 12.5. The number of carbonyl (C=O) groups excluding carboxylic acids is 1. The summed E-state index contributed by atoms with van der Waals surface area (Å²) in [7, 11) is 1.30. The van der Waals surface area contributed by atoms with Crippen molar-refractivity contribution in [2.24, 2.45) is 0 Å². The Bertz CT molecular complexity index is 652. The van der Waals surface area contributed by atoms with E-state index in [1.54, 1.807) is 18.3 Å².